The molecular formula is C22H26BrN3O3. The molecule has 2 N–H and O–H groups in total. The number of nitrogens with one attached hydrogen (secondary N) is 2. The molecule has 1 aliphatic heterocycles. The number of hydrogen-bond acceptors (Lipinski definition) is 3. The zero-order valence-electron chi connectivity index (χ0n) is 16.7. The molecule has 0 radical (unpaired) electrons. The summed E-state index contributed by atoms with van der Waals surface area (Å²) in [6.07, 6.45) is 3.14. The summed E-state index contributed by atoms with van der Waals surface area (Å²) in [5, 5.41) is 5.82. The second-order valence-electron chi connectivity index (χ2n) is 7.22. The molecular weight excluding hydrogens is 434 g/mol. The fraction of sp³-hybridized carbons (Fsp3) is 0.364. The molecule has 1 unspecified atom stereocenters. The third-order valence-corrected chi connectivity index (χ3v) is 5.41. The number of methoxy groups -OCH3 is 1. The Kier molecular flexibility index (Phi) is 7.14. The molecule has 0 spiro atoms. The summed E-state index contributed by atoms with van der Waals surface area (Å²) in [6, 6.07) is 13.1. The van der Waals surface area contributed by atoms with Crippen molar-refractivity contribution in [3.63, 3.8) is 0 Å². The number of piperidine rings is 1. The summed E-state index contributed by atoms with van der Waals surface area (Å²) in [7, 11) is 1.58. The number of rotatable bonds is 6. The molecule has 0 saturated carbocycles. The number of carbonyl (C=O) groups is 2. The standard InChI is InChI=1S/C22H26BrN3O3/c1-15(13-16-6-8-17(23)9-7-16)24-22(28)25-18-10-11-20(29-2)19(14-18)26-12-4-3-5-21(26)27/h6-11,14-15H,3-5,12-13H2,1-2H3,(H2,24,25,28). The van der Waals surface area contributed by atoms with Crippen LogP contribution in [0.15, 0.2) is 46.9 Å². The van der Waals surface area contributed by atoms with Crippen molar-refractivity contribution in [3.05, 3.63) is 52.5 Å². The average Bonchev–Trinajstić information content (AvgIpc) is 2.70. The number of hydrogen-bond donors (Lipinski definition) is 2. The molecule has 1 atom stereocenters. The maximum atomic E-state index is 12.4. The Bertz CT molecular complexity index is 870. The Morgan fingerprint density at radius 1 is 1.21 bits per heavy atom. The fourth-order valence-corrected chi connectivity index (χ4v) is 3.72. The molecule has 0 aromatic heterocycles. The lowest BCUT2D eigenvalue weighted by atomic mass is 10.1. The van der Waals surface area contributed by atoms with Gasteiger partial charge in [0.15, 0.2) is 0 Å². The van der Waals surface area contributed by atoms with Gasteiger partial charge in [-0.3, -0.25) is 4.79 Å². The van der Waals surface area contributed by atoms with Gasteiger partial charge in [-0.1, -0.05) is 28.1 Å². The molecule has 1 fully saturated rings. The zero-order valence-corrected chi connectivity index (χ0v) is 18.3. The van der Waals surface area contributed by atoms with Crippen LogP contribution in [-0.4, -0.2) is 31.6 Å². The minimum absolute atomic E-state index is 0.0300. The molecule has 1 heterocycles. The third-order valence-electron chi connectivity index (χ3n) is 4.88. The van der Waals surface area contributed by atoms with E-state index in [2.05, 4.69) is 26.6 Å². The minimum atomic E-state index is -0.282. The molecule has 29 heavy (non-hydrogen) atoms. The van der Waals surface area contributed by atoms with Crippen molar-refractivity contribution in [2.45, 2.75) is 38.6 Å². The Morgan fingerprint density at radius 3 is 2.66 bits per heavy atom. The van der Waals surface area contributed by atoms with Gasteiger partial charge in [0.05, 0.1) is 12.8 Å². The summed E-state index contributed by atoms with van der Waals surface area (Å²) in [5.74, 6) is 0.703. The van der Waals surface area contributed by atoms with Crippen LogP contribution < -0.4 is 20.3 Å². The van der Waals surface area contributed by atoms with Gasteiger partial charge in [-0.05, 0) is 62.1 Å². The van der Waals surface area contributed by atoms with Gasteiger partial charge in [0, 0.05) is 29.2 Å². The molecule has 1 saturated heterocycles. The van der Waals surface area contributed by atoms with Gasteiger partial charge < -0.3 is 20.3 Å². The molecule has 7 heteroatoms. The minimum Gasteiger partial charge on any atom is -0.495 e. The summed E-state index contributed by atoms with van der Waals surface area (Å²) in [5.41, 5.74) is 2.46. The van der Waals surface area contributed by atoms with E-state index in [1.165, 1.54) is 0 Å². The molecule has 3 rings (SSSR count). The van der Waals surface area contributed by atoms with Crippen LogP contribution >= 0.6 is 15.9 Å². The number of benzene rings is 2. The smallest absolute Gasteiger partial charge is 0.319 e. The van der Waals surface area contributed by atoms with Crippen molar-refractivity contribution in [2.75, 3.05) is 23.9 Å². The van der Waals surface area contributed by atoms with E-state index in [1.54, 1.807) is 30.2 Å². The molecule has 6 nitrogen and oxygen atoms in total. The maximum Gasteiger partial charge on any atom is 0.319 e. The zero-order chi connectivity index (χ0) is 20.8. The largest absolute Gasteiger partial charge is 0.495 e. The van der Waals surface area contributed by atoms with Crippen molar-refractivity contribution < 1.29 is 14.3 Å². The molecule has 0 bridgehead atoms. The number of amides is 3. The predicted octanol–water partition coefficient (Wildman–Crippen LogP) is 4.73. The van der Waals surface area contributed by atoms with Crippen molar-refractivity contribution in [1.82, 2.24) is 5.32 Å². The lowest BCUT2D eigenvalue weighted by Crippen LogP contribution is -2.37. The molecule has 2 aromatic carbocycles. The topological polar surface area (TPSA) is 70.7 Å². The molecule has 0 aliphatic carbocycles. The van der Waals surface area contributed by atoms with E-state index in [-0.39, 0.29) is 18.0 Å². The van der Waals surface area contributed by atoms with Crippen molar-refractivity contribution in [3.8, 4) is 5.75 Å². The van der Waals surface area contributed by atoms with E-state index >= 15 is 0 Å². The first-order valence-electron chi connectivity index (χ1n) is 9.76. The normalized spacial score (nSPS) is 15.0. The first-order valence-corrected chi connectivity index (χ1v) is 10.6. The van der Waals surface area contributed by atoms with E-state index < -0.39 is 0 Å². The van der Waals surface area contributed by atoms with Crippen LogP contribution in [0.2, 0.25) is 0 Å². The number of carbonyl (C=O) groups excluding carboxylic acids is 2. The van der Waals surface area contributed by atoms with Gasteiger partial charge in [-0.15, -0.1) is 0 Å². The van der Waals surface area contributed by atoms with Gasteiger partial charge in [-0.2, -0.15) is 0 Å². The maximum absolute atomic E-state index is 12.4. The summed E-state index contributed by atoms with van der Waals surface area (Å²) >= 11 is 3.42. The van der Waals surface area contributed by atoms with Gasteiger partial charge in [0.25, 0.3) is 0 Å². The number of urea groups is 1. The highest BCUT2D eigenvalue weighted by Crippen LogP contribution is 2.33. The van der Waals surface area contributed by atoms with E-state index in [9.17, 15) is 9.59 Å². The second kappa shape index (κ2) is 9.78. The van der Waals surface area contributed by atoms with Crippen LogP contribution in [0.1, 0.15) is 31.7 Å². The third kappa shape index (κ3) is 5.73. The van der Waals surface area contributed by atoms with Crippen molar-refractivity contribution in [1.29, 1.82) is 0 Å². The summed E-state index contributed by atoms with van der Waals surface area (Å²) in [4.78, 5) is 26.5. The van der Waals surface area contributed by atoms with Gasteiger partial charge in [0.2, 0.25) is 5.91 Å². The molecule has 1 aliphatic rings. The SMILES string of the molecule is COc1ccc(NC(=O)NC(C)Cc2ccc(Br)cc2)cc1N1CCCCC1=O. The van der Waals surface area contributed by atoms with E-state index in [1.807, 2.05) is 31.2 Å². The van der Waals surface area contributed by atoms with E-state index in [0.29, 0.717) is 30.1 Å². The number of anilines is 2. The van der Waals surface area contributed by atoms with Gasteiger partial charge >= 0.3 is 6.03 Å². The van der Waals surface area contributed by atoms with Gasteiger partial charge in [0.1, 0.15) is 5.75 Å². The first kappa shape index (κ1) is 21.2. The van der Waals surface area contributed by atoms with Crippen molar-refractivity contribution >= 4 is 39.2 Å². The van der Waals surface area contributed by atoms with Crippen molar-refractivity contribution in [2.24, 2.45) is 0 Å². The van der Waals surface area contributed by atoms with Crippen LogP contribution in [0.4, 0.5) is 16.2 Å². The average molecular weight is 460 g/mol. The molecule has 154 valence electrons. The van der Waals surface area contributed by atoms with E-state index in [4.69, 9.17) is 4.74 Å². The van der Waals surface area contributed by atoms with Gasteiger partial charge in [-0.25, -0.2) is 4.79 Å². The van der Waals surface area contributed by atoms with Crippen LogP contribution in [0.5, 0.6) is 5.75 Å². The summed E-state index contributed by atoms with van der Waals surface area (Å²) < 4.78 is 6.45. The highest BCUT2D eigenvalue weighted by atomic mass is 79.9. The van der Waals surface area contributed by atoms with Crippen LogP contribution in [0.25, 0.3) is 0 Å². The lowest BCUT2D eigenvalue weighted by molar-refractivity contribution is -0.119. The Balaban J connectivity index is 1.64. The second-order valence-corrected chi connectivity index (χ2v) is 8.13. The van der Waals surface area contributed by atoms with Crippen LogP contribution in [0.3, 0.4) is 0 Å². The van der Waals surface area contributed by atoms with E-state index in [0.717, 1.165) is 29.3 Å². The Morgan fingerprint density at radius 2 is 1.97 bits per heavy atom. The predicted molar refractivity (Wildman–Crippen MR) is 119 cm³/mol. The van der Waals surface area contributed by atoms with Crippen LogP contribution in [-0.2, 0) is 11.2 Å². The first-order chi connectivity index (χ1) is 14.0. The Labute approximate surface area is 179 Å². The quantitative estimate of drug-likeness (QED) is 0.655. The molecule has 2 aromatic rings. The number of ether oxygens (including phenoxy) is 1. The fourth-order valence-electron chi connectivity index (χ4n) is 3.46. The molecule has 3 amide bonds. The lowest BCUT2D eigenvalue weighted by Gasteiger charge is -2.28. The number of nitrogens with zero attached hydrogens (tertiary/aromatic N) is 1. The number of halogens is 1. The highest BCUT2D eigenvalue weighted by Gasteiger charge is 2.23. The highest BCUT2D eigenvalue weighted by molar-refractivity contribution is 9.10. The summed E-state index contributed by atoms with van der Waals surface area (Å²) in [6.45, 7) is 2.63. The van der Waals surface area contributed by atoms with Crippen LogP contribution in [0, 0.1) is 0 Å². The Hall–Kier alpha value is -2.54. The monoisotopic (exact) mass is 459 g/mol.